The summed E-state index contributed by atoms with van der Waals surface area (Å²) in [5.74, 6) is -0.377. The lowest BCUT2D eigenvalue weighted by Crippen LogP contribution is -2.21. The van der Waals surface area contributed by atoms with Crippen LogP contribution in [0.3, 0.4) is 0 Å². The van der Waals surface area contributed by atoms with Crippen molar-refractivity contribution in [3.63, 3.8) is 0 Å². The van der Waals surface area contributed by atoms with E-state index in [9.17, 15) is 9.90 Å². The van der Waals surface area contributed by atoms with Crippen LogP contribution in [0.1, 0.15) is 15.9 Å². The highest BCUT2D eigenvalue weighted by Crippen LogP contribution is 2.20. The number of benzene rings is 2. The molecule has 25 heavy (non-hydrogen) atoms. The highest BCUT2D eigenvalue weighted by molar-refractivity contribution is 5.86. The van der Waals surface area contributed by atoms with Crippen LogP contribution in [-0.4, -0.2) is 15.9 Å². The van der Waals surface area contributed by atoms with Gasteiger partial charge in [-0.05, 0) is 35.9 Å². The Hall–Kier alpha value is -3.92. The summed E-state index contributed by atoms with van der Waals surface area (Å²) in [5, 5.41) is 25.9. The first-order chi connectivity index (χ1) is 12.2. The number of rotatable bonds is 5. The van der Waals surface area contributed by atoms with Crippen LogP contribution in [0.5, 0.6) is 0 Å². The molecule has 122 valence electrons. The first kappa shape index (κ1) is 16.0. The summed E-state index contributed by atoms with van der Waals surface area (Å²) in [6, 6.07) is 17.0. The van der Waals surface area contributed by atoms with Crippen LogP contribution in [0.15, 0.2) is 60.8 Å². The van der Waals surface area contributed by atoms with Crippen LogP contribution in [0.4, 0.5) is 23.1 Å². The lowest BCUT2D eigenvalue weighted by molar-refractivity contribution is -0.255. The summed E-state index contributed by atoms with van der Waals surface area (Å²) < 4.78 is 0. The lowest BCUT2D eigenvalue weighted by atomic mass is 10.2. The molecule has 2 N–H and O–H groups in total. The molecule has 3 rings (SSSR count). The Morgan fingerprint density at radius 1 is 1.04 bits per heavy atom. The lowest BCUT2D eigenvalue weighted by Gasteiger charge is -2.10. The summed E-state index contributed by atoms with van der Waals surface area (Å²) in [6.07, 6.45) is 1.57. The Morgan fingerprint density at radius 3 is 2.52 bits per heavy atom. The second kappa shape index (κ2) is 7.10. The first-order valence-electron chi connectivity index (χ1n) is 7.33. The normalized spacial score (nSPS) is 9.88. The van der Waals surface area contributed by atoms with Gasteiger partial charge in [0.25, 0.3) is 0 Å². The van der Waals surface area contributed by atoms with E-state index in [4.69, 9.17) is 5.26 Å². The van der Waals surface area contributed by atoms with Gasteiger partial charge < -0.3 is 20.5 Å². The maximum Gasteiger partial charge on any atom is 0.229 e. The molecular formula is C18H12N5O2-. The first-order valence-corrected chi connectivity index (χ1v) is 7.33. The number of carbonyl (C=O) groups is 1. The summed E-state index contributed by atoms with van der Waals surface area (Å²) in [4.78, 5) is 19.2. The number of anilines is 4. The largest absolute Gasteiger partial charge is 0.545 e. The fourth-order valence-corrected chi connectivity index (χ4v) is 2.13. The monoisotopic (exact) mass is 330 g/mol. The molecule has 7 nitrogen and oxygen atoms in total. The SMILES string of the molecule is N#Cc1ccccc1Nc1ccnc(Nc2ccc(C(=O)[O-])cc2)n1. The Morgan fingerprint density at radius 2 is 1.80 bits per heavy atom. The van der Waals surface area contributed by atoms with Crippen molar-refractivity contribution in [3.8, 4) is 6.07 Å². The summed E-state index contributed by atoms with van der Waals surface area (Å²) in [6.45, 7) is 0. The van der Waals surface area contributed by atoms with Crippen molar-refractivity contribution in [2.24, 2.45) is 0 Å². The highest BCUT2D eigenvalue weighted by atomic mass is 16.4. The number of nitriles is 1. The molecule has 1 aromatic heterocycles. The molecule has 1 heterocycles. The zero-order chi connectivity index (χ0) is 17.6. The van der Waals surface area contributed by atoms with E-state index in [2.05, 4.69) is 26.7 Å². The molecular weight excluding hydrogens is 318 g/mol. The minimum atomic E-state index is -1.23. The third-order valence-corrected chi connectivity index (χ3v) is 3.34. The molecule has 0 aliphatic rings. The standard InChI is InChI=1S/C18H13N5O2/c19-11-13-3-1-2-4-15(13)22-16-9-10-20-18(23-16)21-14-7-5-12(6-8-14)17(24)25/h1-10H,(H,24,25)(H2,20,21,22,23)/p-1. The zero-order valence-corrected chi connectivity index (χ0v) is 12.9. The smallest absolute Gasteiger partial charge is 0.229 e. The van der Waals surface area contributed by atoms with Crippen LogP contribution in [0, 0.1) is 11.3 Å². The minimum absolute atomic E-state index is 0.0926. The van der Waals surface area contributed by atoms with Gasteiger partial charge in [0.15, 0.2) is 0 Å². The number of para-hydroxylation sites is 1. The molecule has 0 saturated carbocycles. The second-order valence-electron chi connectivity index (χ2n) is 5.04. The summed E-state index contributed by atoms with van der Waals surface area (Å²) in [5.41, 5.74) is 1.89. The molecule has 0 atom stereocenters. The number of nitrogens with one attached hydrogen (secondary N) is 2. The maximum atomic E-state index is 10.8. The van der Waals surface area contributed by atoms with Gasteiger partial charge in [-0.3, -0.25) is 0 Å². The average Bonchev–Trinajstić information content (AvgIpc) is 2.63. The predicted molar refractivity (Wildman–Crippen MR) is 90.5 cm³/mol. The molecule has 0 radical (unpaired) electrons. The van der Waals surface area contributed by atoms with Gasteiger partial charge in [-0.1, -0.05) is 24.3 Å². The number of carboxylic acids is 1. The molecule has 0 fully saturated rings. The Kier molecular flexibility index (Phi) is 4.53. The number of carboxylic acid groups (broad SMARTS) is 1. The van der Waals surface area contributed by atoms with Crippen molar-refractivity contribution in [1.82, 2.24) is 9.97 Å². The van der Waals surface area contributed by atoms with Crippen molar-refractivity contribution in [2.75, 3.05) is 10.6 Å². The number of hydrogen-bond acceptors (Lipinski definition) is 7. The topological polar surface area (TPSA) is 114 Å². The van der Waals surface area contributed by atoms with E-state index in [1.165, 1.54) is 12.1 Å². The zero-order valence-electron chi connectivity index (χ0n) is 12.9. The quantitative estimate of drug-likeness (QED) is 0.737. The van der Waals surface area contributed by atoms with Crippen molar-refractivity contribution in [1.29, 1.82) is 5.26 Å². The number of carbonyl (C=O) groups excluding carboxylic acids is 1. The van der Waals surface area contributed by atoms with E-state index in [0.29, 0.717) is 28.7 Å². The van der Waals surface area contributed by atoms with Gasteiger partial charge in [-0.25, -0.2) is 4.98 Å². The van der Waals surface area contributed by atoms with Crippen LogP contribution in [0.2, 0.25) is 0 Å². The second-order valence-corrected chi connectivity index (χ2v) is 5.04. The van der Waals surface area contributed by atoms with E-state index in [1.54, 1.807) is 42.6 Å². The maximum absolute atomic E-state index is 10.8. The van der Waals surface area contributed by atoms with Crippen LogP contribution in [-0.2, 0) is 0 Å². The van der Waals surface area contributed by atoms with E-state index >= 15 is 0 Å². The van der Waals surface area contributed by atoms with Gasteiger partial charge in [0, 0.05) is 11.9 Å². The van der Waals surface area contributed by atoms with Crippen LogP contribution >= 0.6 is 0 Å². The van der Waals surface area contributed by atoms with Crippen molar-refractivity contribution >= 4 is 29.1 Å². The molecule has 0 aliphatic carbocycles. The van der Waals surface area contributed by atoms with Gasteiger partial charge in [0.2, 0.25) is 5.95 Å². The molecule has 0 aliphatic heterocycles. The fraction of sp³-hybridized carbons (Fsp3) is 0. The Bertz CT molecular complexity index is 948. The molecule has 0 saturated heterocycles. The number of hydrogen-bond donors (Lipinski definition) is 2. The van der Waals surface area contributed by atoms with Gasteiger partial charge in [0.1, 0.15) is 11.9 Å². The Labute approximate surface area is 143 Å². The van der Waals surface area contributed by atoms with Crippen molar-refractivity contribution in [3.05, 3.63) is 71.9 Å². The highest BCUT2D eigenvalue weighted by Gasteiger charge is 2.04. The molecule has 0 bridgehead atoms. The summed E-state index contributed by atoms with van der Waals surface area (Å²) in [7, 11) is 0. The molecule has 2 aromatic carbocycles. The molecule has 7 heteroatoms. The third kappa shape index (κ3) is 3.89. The van der Waals surface area contributed by atoms with E-state index < -0.39 is 5.97 Å². The van der Waals surface area contributed by atoms with Gasteiger partial charge in [-0.2, -0.15) is 10.2 Å². The van der Waals surface area contributed by atoms with Crippen molar-refractivity contribution in [2.45, 2.75) is 0 Å². The summed E-state index contributed by atoms with van der Waals surface area (Å²) >= 11 is 0. The van der Waals surface area contributed by atoms with Crippen LogP contribution in [0.25, 0.3) is 0 Å². The predicted octanol–water partition coefficient (Wildman–Crippen LogP) is 2.20. The molecule has 3 aromatic rings. The van der Waals surface area contributed by atoms with E-state index in [0.717, 1.165) is 0 Å². The minimum Gasteiger partial charge on any atom is -0.545 e. The van der Waals surface area contributed by atoms with Gasteiger partial charge in [0.05, 0.1) is 17.2 Å². The molecule has 0 amide bonds. The fourth-order valence-electron chi connectivity index (χ4n) is 2.13. The van der Waals surface area contributed by atoms with Crippen LogP contribution < -0.4 is 15.7 Å². The number of nitrogens with zero attached hydrogens (tertiary/aromatic N) is 3. The number of aromatic carboxylic acids is 1. The van der Waals surface area contributed by atoms with E-state index in [-0.39, 0.29) is 5.56 Å². The van der Waals surface area contributed by atoms with Gasteiger partial charge in [-0.15, -0.1) is 0 Å². The number of aromatic nitrogens is 2. The van der Waals surface area contributed by atoms with Crippen molar-refractivity contribution < 1.29 is 9.90 Å². The third-order valence-electron chi connectivity index (χ3n) is 3.34. The Balaban J connectivity index is 1.77. The molecule has 0 unspecified atom stereocenters. The van der Waals surface area contributed by atoms with Gasteiger partial charge >= 0.3 is 0 Å². The van der Waals surface area contributed by atoms with E-state index in [1.807, 2.05) is 6.07 Å². The molecule has 0 spiro atoms. The average molecular weight is 330 g/mol.